The van der Waals surface area contributed by atoms with Crippen LogP contribution in [0.25, 0.3) is 11.2 Å². The third-order valence-electron chi connectivity index (χ3n) is 6.45. The number of imidazole rings is 1. The molecule has 1 aliphatic heterocycles. The van der Waals surface area contributed by atoms with Crippen LogP contribution in [0.5, 0.6) is 0 Å². The number of sulfone groups is 1. The predicted octanol–water partition coefficient (Wildman–Crippen LogP) is 4.95. The third kappa shape index (κ3) is 5.28. The number of anilines is 3. The number of amides is 1. The number of nitrogens with one attached hydrogen (secondary N) is 2. The predicted molar refractivity (Wildman–Crippen MR) is 130 cm³/mol. The summed E-state index contributed by atoms with van der Waals surface area (Å²) >= 11 is 0. The number of halogens is 3. The molecule has 2 aromatic heterocycles. The number of ether oxygens (including phenoxy) is 1. The number of alkyl halides is 3. The molecule has 1 atom stereocenters. The lowest BCUT2D eigenvalue weighted by atomic mass is 10.2. The number of carbonyl (C=O) groups excluding carboxylic acids is 1. The van der Waals surface area contributed by atoms with Crippen LogP contribution < -0.4 is 10.6 Å². The minimum absolute atomic E-state index is 0.0522. The van der Waals surface area contributed by atoms with Crippen LogP contribution in [-0.4, -0.2) is 41.7 Å². The molecule has 2 aliphatic rings. The fourth-order valence-electron chi connectivity index (χ4n) is 4.43. The Morgan fingerprint density at radius 1 is 1.11 bits per heavy atom. The highest BCUT2D eigenvalue weighted by Gasteiger charge is 2.33. The fraction of sp³-hybridized carbons (Fsp3) is 0.458. The van der Waals surface area contributed by atoms with Gasteiger partial charge in [0.1, 0.15) is 23.4 Å². The molecule has 3 heterocycles. The second-order valence-corrected chi connectivity index (χ2v) is 11.4. The molecule has 0 radical (unpaired) electrons. The average Bonchev–Trinajstić information content (AvgIpc) is 3.61. The Morgan fingerprint density at radius 3 is 2.49 bits per heavy atom. The van der Waals surface area contributed by atoms with Gasteiger partial charge in [-0.2, -0.15) is 13.2 Å². The number of aromatic nitrogens is 3. The molecule has 5 rings (SSSR count). The molecule has 9 nitrogen and oxygen atoms in total. The van der Waals surface area contributed by atoms with Crippen molar-refractivity contribution < 1.29 is 31.1 Å². The van der Waals surface area contributed by atoms with Gasteiger partial charge in [-0.25, -0.2) is 18.4 Å². The number of carbonyl (C=O) groups is 1. The molecule has 3 aromatic rings. The van der Waals surface area contributed by atoms with Gasteiger partial charge >= 0.3 is 6.18 Å². The van der Waals surface area contributed by atoms with Crippen molar-refractivity contribution >= 4 is 44.1 Å². The Morgan fingerprint density at radius 2 is 1.86 bits per heavy atom. The van der Waals surface area contributed by atoms with E-state index in [0.717, 1.165) is 50.5 Å². The molecule has 1 unspecified atom stereocenters. The van der Waals surface area contributed by atoms with Gasteiger partial charge in [-0.05, 0) is 57.2 Å². The number of hydrogen-bond donors (Lipinski definition) is 2. The lowest BCUT2D eigenvalue weighted by molar-refractivity contribution is -0.137. The molecule has 0 bridgehead atoms. The molecule has 1 aromatic carbocycles. The van der Waals surface area contributed by atoms with Gasteiger partial charge in [0.25, 0.3) is 0 Å². The average molecular weight is 538 g/mol. The standard InChI is InChI=1S/C24H26F3N5O4S/c1-13-28-21-17(29-16-9-8-15(24(25,26)27)11-18(16)37(2,34)35)12-19(31-23(33)14-6-7-14)30-22(21)32(13)20-5-3-4-10-36-20/h8-9,11-12,14,20H,3-7,10H2,1-2H3,(H2,29,30,31,33). The molecular formula is C24H26F3N5O4S. The highest BCUT2D eigenvalue weighted by molar-refractivity contribution is 7.90. The zero-order chi connectivity index (χ0) is 26.5. The van der Waals surface area contributed by atoms with Gasteiger partial charge in [-0.3, -0.25) is 9.36 Å². The monoisotopic (exact) mass is 537 g/mol. The summed E-state index contributed by atoms with van der Waals surface area (Å²) in [4.78, 5) is 21.2. The second-order valence-electron chi connectivity index (χ2n) is 9.45. The quantitative estimate of drug-likeness (QED) is 0.457. The number of benzene rings is 1. The maximum atomic E-state index is 13.3. The molecule has 1 aliphatic carbocycles. The summed E-state index contributed by atoms with van der Waals surface area (Å²) < 4.78 is 72.5. The Hall–Kier alpha value is -3.19. The summed E-state index contributed by atoms with van der Waals surface area (Å²) in [6.07, 6.45) is 0.0288. The number of aryl methyl sites for hydroxylation is 1. The van der Waals surface area contributed by atoms with Crippen LogP contribution >= 0.6 is 0 Å². The van der Waals surface area contributed by atoms with Gasteiger partial charge in [0.2, 0.25) is 5.91 Å². The van der Waals surface area contributed by atoms with Crippen molar-refractivity contribution in [2.45, 2.75) is 56.3 Å². The molecule has 198 valence electrons. The van der Waals surface area contributed by atoms with Crippen LogP contribution in [0.1, 0.15) is 49.7 Å². The molecule has 2 N–H and O–H groups in total. The summed E-state index contributed by atoms with van der Waals surface area (Å²) in [5.74, 6) is 0.547. The van der Waals surface area contributed by atoms with Gasteiger partial charge in [0, 0.05) is 24.8 Å². The zero-order valence-electron chi connectivity index (χ0n) is 20.2. The first-order valence-electron chi connectivity index (χ1n) is 11.9. The number of fused-ring (bicyclic) bond motifs is 1. The van der Waals surface area contributed by atoms with Crippen LogP contribution in [0.2, 0.25) is 0 Å². The first kappa shape index (κ1) is 25.5. The maximum Gasteiger partial charge on any atom is 0.416 e. The summed E-state index contributed by atoms with van der Waals surface area (Å²) in [6.45, 7) is 2.36. The molecule has 1 amide bonds. The van der Waals surface area contributed by atoms with E-state index >= 15 is 0 Å². The molecular weight excluding hydrogens is 511 g/mol. The highest BCUT2D eigenvalue weighted by Crippen LogP contribution is 2.38. The Labute approximate surface area is 211 Å². The van der Waals surface area contributed by atoms with Crippen molar-refractivity contribution in [2.75, 3.05) is 23.5 Å². The minimum Gasteiger partial charge on any atom is -0.358 e. The van der Waals surface area contributed by atoms with Gasteiger partial charge < -0.3 is 15.4 Å². The van der Waals surface area contributed by atoms with Gasteiger partial charge in [-0.15, -0.1) is 0 Å². The Bertz CT molecular complexity index is 1480. The third-order valence-corrected chi connectivity index (χ3v) is 7.58. The van der Waals surface area contributed by atoms with Crippen molar-refractivity contribution in [3.63, 3.8) is 0 Å². The Kier molecular flexibility index (Phi) is 6.39. The van der Waals surface area contributed by atoms with Crippen LogP contribution in [0.3, 0.4) is 0 Å². The minimum atomic E-state index is -4.71. The van der Waals surface area contributed by atoms with Crippen molar-refractivity contribution in [1.29, 1.82) is 0 Å². The Balaban J connectivity index is 1.64. The zero-order valence-corrected chi connectivity index (χ0v) is 21.0. The van der Waals surface area contributed by atoms with E-state index in [9.17, 15) is 26.4 Å². The SMILES string of the molecule is Cc1nc2c(Nc3ccc(C(F)(F)F)cc3S(C)(=O)=O)cc(NC(=O)C3CC3)nc2n1C1CCCCO1. The van der Waals surface area contributed by atoms with E-state index in [1.807, 2.05) is 4.57 Å². The molecule has 13 heteroatoms. The first-order valence-corrected chi connectivity index (χ1v) is 13.8. The molecule has 1 saturated heterocycles. The lowest BCUT2D eigenvalue weighted by Crippen LogP contribution is -2.20. The van der Waals surface area contributed by atoms with Crippen molar-refractivity contribution in [2.24, 2.45) is 5.92 Å². The molecule has 37 heavy (non-hydrogen) atoms. The van der Waals surface area contributed by atoms with Crippen LogP contribution in [0.15, 0.2) is 29.2 Å². The van der Waals surface area contributed by atoms with Crippen molar-refractivity contribution in [3.05, 3.63) is 35.7 Å². The van der Waals surface area contributed by atoms with Gasteiger partial charge in [0.15, 0.2) is 15.5 Å². The smallest absolute Gasteiger partial charge is 0.358 e. The van der Waals surface area contributed by atoms with E-state index in [0.29, 0.717) is 35.3 Å². The summed E-state index contributed by atoms with van der Waals surface area (Å²) in [5, 5.41) is 5.74. The van der Waals surface area contributed by atoms with E-state index in [4.69, 9.17) is 4.74 Å². The van der Waals surface area contributed by atoms with Gasteiger partial charge in [0.05, 0.1) is 21.8 Å². The molecule has 0 spiro atoms. The maximum absolute atomic E-state index is 13.3. The van der Waals surface area contributed by atoms with E-state index in [1.165, 1.54) is 6.07 Å². The van der Waals surface area contributed by atoms with Crippen LogP contribution in [0, 0.1) is 12.8 Å². The highest BCUT2D eigenvalue weighted by atomic mass is 32.2. The van der Waals surface area contributed by atoms with E-state index in [2.05, 4.69) is 20.6 Å². The molecule has 1 saturated carbocycles. The van der Waals surface area contributed by atoms with Crippen molar-refractivity contribution in [3.8, 4) is 0 Å². The fourth-order valence-corrected chi connectivity index (χ4v) is 5.29. The number of hydrogen-bond acceptors (Lipinski definition) is 7. The summed E-state index contributed by atoms with van der Waals surface area (Å²) in [5.41, 5.74) is -0.0592. The summed E-state index contributed by atoms with van der Waals surface area (Å²) in [6, 6.07) is 3.99. The normalized spacial score (nSPS) is 18.7. The first-order chi connectivity index (χ1) is 17.4. The van der Waals surface area contributed by atoms with E-state index < -0.39 is 26.5 Å². The second kappa shape index (κ2) is 9.28. The number of rotatable bonds is 6. The lowest BCUT2D eigenvalue weighted by Gasteiger charge is -2.25. The topological polar surface area (TPSA) is 115 Å². The van der Waals surface area contributed by atoms with Crippen molar-refractivity contribution in [1.82, 2.24) is 14.5 Å². The van der Waals surface area contributed by atoms with Crippen LogP contribution in [0.4, 0.5) is 30.4 Å². The number of pyridine rings is 1. The van der Waals surface area contributed by atoms with E-state index in [1.54, 1.807) is 6.92 Å². The van der Waals surface area contributed by atoms with E-state index in [-0.39, 0.29) is 29.6 Å². The van der Waals surface area contributed by atoms with Gasteiger partial charge in [-0.1, -0.05) is 0 Å². The number of nitrogens with zero attached hydrogens (tertiary/aromatic N) is 3. The van der Waals surface area contributed by atoms with Crippen LogP contribution in [-0.2, 0) is 25.5 Å². The largest absolute Gasteiger partial charge is 0.416 e. The summed E-state index contributed by atoms with van der Waals surface area (Å²) in [7, 11) is -4.04. The molecule has 2 fully saturated rings.